The first-order valence-electron chi connectivity index (χ1n) is 4.71. The predicted molar refractivity (Wildman–Crippen MR) is 59.1 cm³/mol. The molecule has 0 rings (SSSR count). The summed E-state index contributed by atoms with van der Waals surface area (Å²) in [5.41, 5.74) is 1.19. The van der Waals surface area contributed by atoms with Crippen molar-refractivity contribution in [2.75, 3.05) is 21.3 Å². The Hall–Kier alpha value is -0.540. The van der Waals surface area contributed by atoms with E-state index in [1.807, 2.05) is 13.8 Å². The van der Waals surface area contributed by atoms with Crippen LogP contribution in [0.3, 0.4) is 0 Å². The average Bonchev–Trinajstić information content (AvgIpc) is 2.06. The van der Waals surface area contributed by atoms with Crippen molar-refractivity contribution in [2.24, 2.45) is 5.92 Å². The largest absolute Gasteiger partial charge is 0.504 e. The first kappa shape index (κ1) is 15.9. The van der Waals surface area contributed by atoms with Gasteiger partial charge in [-0.1, -0.05) is 13.8 Å². The van der Waals surface area contributed by atoms with Crippen molar-refractivity contribution in [1.82, 2.24) is 0 Å². The van der Waals surface area contributed by atoms with Gasteiger partial charge in [0.05, 0.1) is 13.4 Å². The summed E-state index contributed by atoms with van der Waals surface area (Å²) >= 11 is 0. The van der Waals surface area contributed by atoms with Crippen molar-refractivity contribution in [3.05, 3.63) is 11.8 Å². The Morgan fingerprint density at radius 2 is 1.43 bits per heavy atom. The van der Waals surface area contributed by atoms with E-state index in [4.69, 9.17) is 9.47 Å². The van der Waals surface area contributed by atoms with Crippen LogP contribution in [-0.4, -0.2) is 27.6 Å². The summed E-state index contributed by atoms with van der Waals surface area (Å²) in [5, 5.41) is 0. The second kappa shape index (κ2) is 10.5. The Morgan fingerprint density at radius 3 is 1.43 bits per heavy atom. The van der Waals surface area contributed by atoms with Gasteiger partial charge < -0.3 is 14.2 Å². The topological polar surface area (TPSA) is 27.7 Å². The van der Waals surface area contributed by atoms with Crippen molar-refractivity contribution in [2.45, 2.75) is 34.0 Å². The Bertz CT molecular complexity index is 133. The lowest BCUT2D eigenvalue weighted by molar-refractivity contribution is -0.128. The monoisotopic (exact) mass is 204 g/mol. The van der Waals surface area contributed by atoms with Crippen molar-refractivity contribution in [1.29, 1.82) is 0 Å². The molecule has 0 aromatic rings. The van der Waals surface area contributed by atoms with Gasteiger partial charge in [0, 0.05) is 20.1 Å². The Labute approximate surface area is 88.0 Å². The number of rotatable bonds is 4. The molecule has 3 heteroatoms. The van der Waals surface area contributed by atoms with E-state index in [1.165, 1.54) is 5.57 Å². The van der Waals surface area contributed by atoms with Gasteiger partial charge in [-0.05, 0) is 19.4 Å². The molecule has 0 aromatic heterocycles. The molecule has 0 aliphatic heterocycles. The molecule has 0 saturated carbocycles. The highest BCUT2D eigenvalue weighted by molar-refractivity contribution is 4.85. The van der Waals surface area contributed by atoms with Gasteiger partial charge in [0.1, 0.15) is 0 Å². The van der Waals surface area contributed by atoms with E-state index in [9.17, 15) is 0 Å². The van der Waals surface area contributed by atoms with E-state index in [0.717, 1.165) is 0 Å². The minimum absolute atomic E-state index is 0.0463. The maximum Gasteiger partial charge on any atom is 0.159 e. The summed E-state index contributed by atoms with van der Waals surface area (Å²) in [6, 6.07) is 0. The summed E-state index contributed by atoms with van der Waals surface area (Å²) < 4.78 is 14.5. The van der Waals surface area contributed by atoms with Crippen LogP contribution in [0.2, 0.25) is 0 Å². The quantitative estimate of drug-likeness (QED) is 0.520. The van der Waals surface area contributed by atoms with E-state index in [-0.39, 0.29) is 6.29 Å². The van der Waals surface area contributed by atoms with Crippen molar-refractivity contribution < 1.29 is 14.2 Å². The highest BCUT2D eigenvalue weighted by Gasteiger charge is 2.08. The van der Waals surface area contributed by atoms with E-state index in [0.29, 0.717) is 5.92 Å². The molecule has 0 atom stereocenters. The number of hydrogen-bond acceptors (Lipinski definition) is 3. The lowest BCUT2D eigenvalue weighted by Gasteiger charge is -2.16. The maximum atomic E-state index is 4.94. The van der Waals surface area contributed by atoms with Crippen LogP contribution >= 0.6 is 0 Å². The number of methoxy groups -OCH3 is 3. The molecule has 0 aliphatic carbocycles. The molecular formula is C11H24O3. The summed E-state index contributed by atoms with van der Waals surface area (Å²) in [5.74, 6) is 0.435. The molecule has 0 saturated heterocycles. The lowest BCUT2D eigenvalue weighted by atomic mass is 10.2. The zero-order valence-electron chi connectivity index (χ0n) is 10.5. The molecule has 0 spiro atoms. The van der Waals surface area contributed by atoms with Crippen molar-refractivity contribution in [3.8, 4) is 0 Å². The van der Waals surface area contributed by atoms with E-state index in [2.05, 4.69) is 18.6 Å². The zero-order chi connectivity index (χ0) is 11.6. The third kappa shape index (κ3) is 11.5. The molecule has 0 fully saturated rings. The molecule has 3 nitrogen and oxygen atoms in total. The molecule has 0 radical (unpaired) electrons. The molecule has 0 heterocycles. The number of hydrogen-bond donors (Lipinski definition) is 0. The van der Waals surface area contributed by atoms with Crippen LogP contribution in [0, 0.1) is 5.92 Å². The molecule has 0 amide bonds. The summed E-state index contributed by atoms with van der Waals surface area (Å²) in [6.07, 6.45) is 1.66. The molecule has 86 valence electrons. The minimum Gasteiger partial charge on any atom is -0.504 e. The molecule has 0 N–H and O–H groups in total. The number of allylic oxidation sites excluding steroid dienone is 1. The zero-order valence-corrected chi connectivity index (χ0v) is 10.5. The fourth-order valence-corrected chi connectivity index (χ4v) is 0.876. The van der Waals surface area contributed by atoms with Crippen LogP contribution in [0.4, 0.5) is 0 Å². The highest BCUT2D eigenvalue weighted by atomic mass is 16.7. The van der Waals surface area contributed by atoms with E-state index in [1.54, 1.807) is 27.6 Å². The maximum absolute atomic E-state index is 4.94. The molecule has 0 aromatic carbocycles. The Morgan fingerprint density at radius 1 is 1.00 bits per heavy atom. The summed E-state index contributed by atoms with van der Waals surface area (Å²) in [6.45, 7) is 8.09. The van der Waals surface area contributed by atoms with Gasteiger partial charge in [0.2, 0.25) is 0 Å². The van der Waals surface area contributed by atoms with Gasteiger partial charge in [-0.15, -0.1) is 0 Å². The fraction of sp³-hybridized carbons (Fsp3) is 0.818. The Balaban J connectivity index is 0. The van der Waals surface area contributed by atoms with Crippen molar-refractivity contribution in [3.63, 3.8) is 0 Å². The lowest BCUT2D eigenvalue weighted by Crippen LogP contribution is -2.19. The molecule has 14 heavy (non-hydrogen) atoms. The van der Waals surface area contributed by atoms with Crippen molar-refractivity contribution >= 4 is 0 Å². The van der Waals surface area contributed by atoms with Crippen LogP contribution in [0.25, 0.3) is 0 Å². The smallest absolute Gasteiger partial charge is 0.159 e. The van der Waals surface area contributed by atoms with Gasteiger partial charge in [-0.3, -0.25) is 0 Å². The van der Waals surface area contributed by atoms with Gasteiger partial charge >= 0.3 is 0 Å². The molecule has 0 aliphatic rings. The first-order chi connectivity index (χ1) is 6.49. The fourth-order valence-electron chi connectivity index (χ4n) is 0.876. The molecule has 0 bridgehead atoms. The van der Waals surface area contributed by atoms with Gasteiger partial charge in [-0.25, -0.2) is 0 Å². The Kier molecular flexibility index (Phi) is 12.0. The van der Waals surface area contributed by atoms with Crippen LogP contribution in [0.5, 0.6) is 0 Å². The van der Waals surface area contributed by atoms with Crippen LogP contribution in [0.1, 0.15) is 27.7 Å². The van der Waals surface area contributed by atoms with Gasteiger partial charge in [0.15, 0.2) is 6.29 Å². The average molecular weight is 204 g/mol. The summed E-state index contributed by atoms with van der Waals surface area (Å²) in [4.78, 5) is 0. The predicted octanol–water partition coefficient (Wildman–Crippen LogP) is 2.82. The highest BCUT2D eigenvalue weighted by Crippen LogP contribution is 2.04. The van der Waals surface area contributed by atoms with E-state index < -0.39 is 0 Å². The minimum atomic E-state index is -0.0463. The second-order valence-corrected chi connectivity index (χ2v) is 3.51. The summed E-state index contributed by atoms with van der Waals surface area (Å²) in [7, 11) is 4.94. The molecule has 0 unspecified atom stereocenters. The molecular weight excluding hydrogens is 180 g/mol. The van der Waals surface area contributed by atoms with Crippen LogP contribution < -0.4 is 0 Å². The SMILES string of the molecule is COC(OC)C(C)C.COC=C(C)C. The third-order valence-corrected chi connectivity index (χ3v) is 1.36. The van der Waals surface area contributed by atoms with E-state index >= 15 is 0 Å². The van der Waals surface area contributed by atoms with Crippen LogP contribution in [0.15, 0.2) is 11.8 Å². The first-order valence-corrected chi connectivity index (χ1v) is 4.71. The van der Waals surface area contributed by atoms with Crippen LogP contribution in [-0.2, 0) is 14.2 Å². The van der Waals surface area contributed by atoms with Gasteiger partial charge in [-0.2, -0.15) is 0 Å². The van der Waals surface area contributed by atoms with Gasteiger partial charge in [0.25, 0.3) is 0 Å². The number of ether oxygens (including phenoxy) is 3. The second-order valence-electron chi connectivity index (χ2n) is 3.51. The normalized spacial score (nSPS) is 9.50. The third-order valence-electron chi connectivity index (χ3n) is 1.36. The standard InChI is InChI=1S/C6H14O2.C5H10O/c1-5(2)6(7-3)8-4;1-5(2)4-6-3/h5-6H,1-4H3;4H,1-3H3.